The van der Waals surface area contributed by atoms with Gasteiger partial charge in [0.05, 0.1) is 0 Å². The Kier molecular flexibility index (Phi) is 4.40. The Balaban J connectivity index is 1.42. The van der Waals surface area contributed by atoms with Crippen molar-refractivity contribution in [3.63, 3.8) is 0 Å². The molecule has 3 aliphatic heterocycles. The molecule has 0 saturated heterocycles. The van der Waals surface area contributed by atoms with E-state index >= 15 is 0 Å². The number of hydrogen-bond donors (Lipinski definition) is 0. The van der Waals surface area contributed by atoms with Crippen molar-refractivity contribution in [3.05, 3.63) is 96.5 Å². The summed E-state index contributed by atoms with van der Waals surface area (Å²) in [6, 6.07) is 31.4. The molecule has 0 unspecified atom stereocenters. The fraction of sp³-hybridized carbons (Fsp3) is 0.0667. The van der Waals surface area contributed by atoms with E-state index in [1.807, 2.05) is 30.0 Å². The van der Waals surface area contributed by atoms with Crippen molar-refractivity contribution in [1.82, 2.24) is 9.99 Å². The number of thiazole rings is 1. The number of nitrogens with zero attached hydrogens (tertiary/aromatic N) is 5. The van der Waals surface area contributed by atoms with Crippen LogP contribution in [-0.2, 0) is 0 Å². The molecule has 0 amide bonds. The van der Waals surface area contributed by atoms with E-state index in [-0.39, 0.29) is 6.85 Å². The molecule has 0 spiro atoms. The van der Waals surface area contributed by atoms with E-state index in [9.17, 15) is 0 Å². The monoisotopic (exact) mass is 495 g/mol. The maximum atomic E-state index is 4.61. The van der Waals surface area contributed by atoms with E-state index in [4.69, 9.17) is 0 Å². The second-order valence-corrected chi connectivity index (χ2v) is 10.6. The predicted molar refractivity (Wildman–Crippen MR) is 156 cm³/mol. The highest BCUT2D eigenvalue weighted by Crippen LogP contribution is 2.48. The Bertz CT molecular complexity index is 1710. The average molecular weight is 495 g/mol. The number of rotatable bonds is 2. The molecule has 4 aromatic carbocycles. The Morgan fingerprint density at radius 2 is 1.49 bits per heavy atom. The SMILES string of the molecule is CN1CN(c2ccc3c(c2)N2B(c4ccccc4-c4ccc(-c5nccs5)cc42)c2ccccc2-3)C=N1. The minimum atomic E-state index is 0.0871. The quantitative estimate of drug-likeness (QED) is 0.309. The summed E-state index contributed by atoms with van der Waals surface area (Å²) in [6.07, 6.45) is 3.79. The normalized spacial score (nSPS) is 14.7. The maximum Gasteiger partial charge on any atom is 0.329 e. The number of aromatic nitrogens is 1. The van der Waals surface area contributed by atoms with E-state index in [1.54, 1.807) is 11.3 Å². The Morgan fingerprint density at radius 1 is 0.784 bits per heavy atom. The largest absolute Gasteiger partial charge is 0.376 e. The molecule has 0 bridgehead atoms. The van der Waals surface area contributed by atoms with Crippen LogP contribution in [0.1, 0.15) is 0 Å². The summed E-state index contributed by atoms with van der Waals surface area (Å²) >= 11 is 1.68. The zero-order valence-corrected chi connectivity index (χ0v) is 21.1. The van der Waals surface area contributed by atoms with Crippen LogP contribution in [0.3, 0.4) is 0 Å². The van der Waals surface area contributed by atoms with Gasteiger partial charge in [-0.3, -0.25) is 5.01 Å². The van der Waals surface area contributed by atoms with E-state index in [1.165, 1.54) is 44.6 Å². The van der Waals surface area contributed by atoms with Crippen molar-refractivity contribution >= 4 is 52.5 Å². The minimum Gasteiger partial charge on any atom is -0.376 e. The third-order valence-electron chi connectivity index (χ3n) is 7.60. The molecular formula is C30H22BN5S. The molecule has 0 saturated carbocycles. The topological polar surface area (TPSA) is 35.0 Å². The third kappa shape index (κ3) is 3.04. The van der Waals surface area contributed by atoms with Crippen LogP contribution >= 0.6 is 11.3 Å². The average Bonchev–Trinajstić information content (AvgIpc) is 3.65. The van der Waals surface area contributed by atoms with Crippen molar-refractivity contribution in [3.8, 4) is 32.8 Å². The second-order valence-electron chi connectivity index (χ2n) is 9.72. The van der Waals surface area contributed by atoms with Crippen LogP contribution in [0.15, 0.2) is 102 Å². The van der Waals surface area contributed by atoms with Gasteiger partial charge in [-0.25, -0.2) is 4.98 Å². The lowest BCUT2D eigenvalue weighted by Crippen LogP contribution is -2.59. The van der Waals surface area contributed by atoms with Gasteiger partial charge < -0.3 is 9.71 Å². The number of benzene rings is 4. The van der Waals surface area contributed by atoms with Crippen molar-refractivity contribution in [2.45, 2.75) is 0 Å². The van der Waals surface area contributed by atoms with Crippen molar-refractivity contribution in [2.24, 2.45) is 5.10 Å². The maximum absolute atomic E-state index is 4.61. The van der Waals surface area contributed by atoms with Gasteiger partial charge in [0.15, 0.2) is 0 Å². The summed E-state index contributed by atoms with van der Waals surface area (Å²) in [4.78, 5) is 9.36. The molecule has 1 aromatic heterocycles. The fourth-order valence-electron chi connectivity index (χ4n) is 5.99. The van der Waals surface area contributed by atoms with E-state index in [2.05, 4.69) is 105 Å². The van der Waals surface area contributed by atoms with Gasteiger partial charge in [-0.1, -0.05) is 66.7 Å². The van der Waals surface area contributed by atoms with Crippen LogP contribution < -0.4 is 20.6 Å². The molecular weight excluding hydrogens is 473 g/mol. The summed E-state index contributed by atoms with van der Waals surface area (Å²) in [5.41, 5.74) is 12.5. The minimum absolute atomic E-state index is 0.0871. The first-order chi connectivity index (χ1) is 18.3. The molecule has 5 nitrogen and oxygen atoms in total. The zero-order chi connectivity index (χ0) is 24.5. The van der Waals surface area contributed by atoms with E-state index < -0.39 is 0 Å². The lowest BCUT2D eigenvalue weighted by atomic mass is 9.43. The van der Waals surface area contributed by atoms with Crippen LogP contribution in [0.2, 0.25) is 0 Å². The molecule has 176 valence electrons. The van der Waals surface area contributed by atoms with Crippen molar-refractivity contribution in [1.29, 1.82) is 0 Å². The first-order valence-electron chi connectivity index (χ1n) is 12.4. The summed E-state index contributed by atoms with van der Waals surface area (Å²) in [5, 5.41) is 9.48. The van der Waals surface area contributed by atoms with Crippen molar-refractivity contribution in [2.75, 3.05) is 23.4 Å². The van der Waals surface area contributed by atoms with Crippen LogP contribution in [0.5, 0.6) is 0 Å². The lowest BCUT2D eigenvalue weighted by molar-refractivity contribution is 0.393. The summed E-state index contributed by atoms with van der Waals surface area (Å²) in [5.74, 6) is 0. The van der Waals surface area contributed by atoms with Crippen molar-refractivity contribution < 1.29 is 0 Å². The molecule has 8 rings (SSSR count). The molecule has 0 fully saturated rings. The highest BCUT2D eigenvalue weighted by Gasteiger charge is 2.42. The lowest BCUT2D eigenvalue weighted by Gasteiger charge is -2.43. The van der Waals surface area contributed by atoms with Gasteiger partial charge in [-0.05, 0) is 40.3 Å². The molecule has 0 atom stereocenters. The van der Waals surface area contributed by atoms with Gasteiger partial charge in [0, 0.05) is 52.4 Å². The Morgan fingerprint density at radius 3 is 2.16 bits per heavy atom. The molecule has 0 N–H and O–H groups in total. The molecule has 0 aliphatic carbocycles. The molecule has 37 heavy (non-hydrogen) atoms. The van der Waals surface area contributed by atoms with Gasteiger partial charge in [-0.15, -0.1) is 11.3 Å². The fourth-order valence-corrected chi connectivity index (χ4v) is 6.63. The van der Waals surface area contributed by atoms with E-state index in [0.717, 1.165) is 22.9 Å². The van der Waals surface area contributed by atoms with Crippen LogP contribution in [0.25, 0.3) is 32.8 Å². The summed E-state index contributed by atoms with van der Waals surface area (Å²) in [6.45, 7) is 0.830. The molecule has 3 aliphatic rings. The first kappa shape index (κ1) is 20.8. The number of hydrazone groups is 1. The third-order valence-corrected chi connectivity index (χ3v) is 8.43. The molecule has 0 radical (unpaired) electrons. The van der Waals surface area contributed by atoms with Gasteiger partial charge in [0.25, 0.3) is 0 Å². The van der Waals surface area contributed by atoms with Crippen LogP contribution in [-0.4, -0.2) is 36.9 Å². The van der Waals surface area contributed by atoms with E-state index in [0.29, 0.717) is 0 Å². The predicted octanol–water partition coefficient (Wildman–Crippen LogP) is 5.37. The van der Waals surface area contributed by atoms with Gasteiger partial charge in [0.1, 0.15) is 18.0 Å². The van der Waals surface area contributed by atoms with Gasteiger partial charge in [0.2, 0.25) is 0 Å². The smallest absolute Gasteiger partial charge is 0.329 e. The number of hydrogen-bond acceptors (Lipinski definition) is 6. The van der Waals surface area contributed by atoms with Crippen LogP contribution in [0, 0.1) is 0 Å². The number of anilines is 3. The standard InChI is InChI=1S/C30H22BN5S/c1-34-19-35(18-33-34)21-11-13-25-23-7-3-5-9-27(23)31-26-8-4-2-6-22(26)24-12-10-20(30-32-14-15-37-30)16-28(24)36(31)29(25)17-21/h2-18H,19H2,1H3. The zero-order valence-electron chi connectivity index (χ0n) is 20.2. The second kappa shape index (κ2) is 7.82. The number of fused-ring (bicyclic) bond motifs is 11. The Labute approximate surface area is 220 Å². The highest BCUT2D eigenvalue weighted by molar-refractivity contribution is 7.13. The highest BCUT2D eigenvalue weighted by atomic mass is 32.1. The summed E-state index contributed by atoms with van der Waals surface area (Å²) in [7, 11) is 2.00. The molecule has 4 heterocycles. The van der Waals surface area contributed by atoms with Gasteiger partial charge >= 0.3 is 6.85 Å². The molecule has 7 heteroatoms. The first-order valence-corrected chi connectivity index (χ1v) is 13.3. The van der Waals surface area contributed by atoms with Crippen LogP contribution in [0.4, 0.5) is 17.1 Å². The van der Waals surface area contributed by atoms with Gasteiger partial charge in [-0.2, -0.15) is 5.10 Å². The summed E-state index contributed by atoms with van der Waals surface area (Å²) < 4.78 is 0. The Hall–Kier alpha value is -4.36. The molecule has 5 aromatic rings.